The monoisotopic (exact) mass is 1010 g/mol. The van der Waals surface area contributed by atoms with Crippen molar-refractivity contribution in [3.8, 4) is 68.3 Å². The van der Waals surface area contributed by atoms with Crippen molar-refractivity contribution in [3.63, 3.8) is 0 Å². The highest BCUT2D eigenvalue weighted by molar-refractivity contribution is 5.68. The normalized spacial score (nSPS) is 10.4. The first-order valence-corrected chi connectivity index (χ1v) is 23.3. The molecule has 3 aromatic heterocycles. The summed E-state index contributed by atoms with van der Waals surface area (Å²) in [6.45, 7) is 6.02. The first kappa shape index (κ1) is 53.0. The van der Waals surface area contributed by atoms with Crippen LogP contribution in [0.4, 0.5) is 34.9 Å². The fraction of sp³-hybridized carbons (Fsp3) is 0.158. The molecule has 0 aliphatic carbocycles. The predicted octanol–water partition coefficient (Wildman–Crippen LogP) is 10.5. The van der Waals surface area contributed by atoms with Crippen LogP contribution in [0.15, 0.2) is 160 Å². The molecule has 0 saturated carbocycles. The number of rotatable bonds is 15. The predicted molar refractivity (Wildman–Crippen MR) is 294 cm³/mol. The number of nitrogens with zero attached hydrogens (tertiary/aromatic N) is 3. The number of H-pyrrole nitrogens is 3. The second kappa shape index (κ2) is 25.0. The van der Waals surface area contributed by atoms with E-state index in [2.05, 4.69) is 45.9 Å². The third kappa shape index (κ3) is 15.1. The Morgan fingerprint density at radius 1 is 0.333 bits per heavy atom. The molecule has 9 aromatic rings. The van der Waals surface area contributed by atoms with Crippen LogP contribution in [0, 0.1) is 20.8 Å². The highest BCUT2D eigenvalue weighted by Crippen LogP contribution is 2.32. The maximum atomic E-state index is 12.1. The van der Waals surface area contributed by atoms with Crippen molar-refractivity contribution < 1.29 is 28.4 Å². The molecule has 0 aliphatic heterocycles. The molecule has 384 valence electrons. The van der Waals surface area contributed by atoms with Gasteiger partial charge in [-0.25, -0.2) is 15.0 Å². The molecule has 18 heteroatoms. The third-order valence-electron chi connectivity index (χ3n) is 11.0. The zero-order valence-electron chi connectivity index (χ0n) is 42.9. The average molecular weight is 1010 g/mol. The zero-order chi connectivity index (χ0) is 53.4. The van der Waals surface area contributed by atoms with Gasteiger partial charge in [-0.15, -0.1) is 0 Å². The van der Waals surface area contributed by atoms with Gasteiger partial charge in [-0.1, -0.05) is 42.0 Å². The van der Waals surface area contributed by atoms with E-state index in [1.165, 1.54) is 18.2 Å². The maximum Gasteiger partial charge on any atom is 0.252 e. The Hall–Kier alpha value is -9.84. The van der Waals surface area contributed by atoms with Crippen molar-refractivity contribution in [2.24, 2.45) is 0 Å². The zero-order valence-corrected chi connectivity index (χ0v) is 42.9. The third-order valence-corrected chi connectivity index (χ3v) is 11.0. The number of benzene rings is 6. The van der Waals surface area contributed by atoms with Gasteiger partial charge in [-0.05, 0) is 105 Å². The molecule has 0 saturated heterocycles. The van der Waals surface area contributed by atoms with Crippen LogP contribution in [0.5, 0.6) is 34.5 Å². The molecule has 18 nitrogen and oxygen atoms in total. The molecule has 0 spiro atoms. The van der Waals surface area contributed by atoms with E-state index in [9.17, 15) is 14.4 Å². The molecule has 0 radical (unpaired) electrons. The van der Waals surface area contributed by atoms with Crippen molar-refractivity contribution in [1.29, 1.82) is 0 Å². The molecule has 75 heavy (non-hydrogen) atoms. The number of nitrogens with one attached hydrogen (secondary N) is 6. The molecule has 0 bridgehead atoms. The molecular formula is C57H57N9O9. The lowest BCUT2D eigenvalue weighted by atomic mass is 10.1. The van der Waals surface area contributed by atoms with Gasteiger partial charge < -0.3 is 44.4 Å². The number of hydrogen-bond acceptors (Lipinski definition) is 15. The van der Waals surface area contributed by atoms with Crippen LogP contribution in [-0.4, -0.2) is 72.6 Å². The minimum Gasteiger partial charge on any atom is -0.497 e. The van der Waals surface area contributed by atoms with E-state index in [4.69, 9.17) is 28.4 Å². The summed E-state index contributed by atoms with van der Waals surface area (Å²) in [6.07, 6.45) is 0. The van der Waals surface area contributed by atoms with Crippen molar-refractivity contribution in [1.82, 2.24) is 29.9 Å². The number of aryl methyl sites for hydroxylation is 3. The SMILES string of the molecule is COc1cc(OC)cc(-c2cc(=O)[nH]c(Nc3ccc(C)cc3)n2)c1.COc1cc(OC)cc(-c2cc(=O)[nH]c(Nc3cccc(C)c3)n2)c1.COc1cc(OC)cc(-c2cc(=O)[nH]c(Nc3cccc(C)c3)n2)c1. The summed E-state index contributed by atoms with van der Waals surface area (Å²) >= 11 is 0. The van der Waals surface area contributed by atoms with Gasteiger partial charge in [-0.3, -0.25) is 29.3 Å². The summed E-state index contributed by atoms with van der Waals surface area (Å²) in [7, 11) is 9.47. The second-order valence-electron chi connectivity index (χ2n) is 16.7. The Morgan fingerprint density at radius 3 is 0.907 bits per heavy atom. The van der Waals surface area contributed by atoms with Crippen molar-refractivity contribution in [2.45, 2.75) is 20.8 Å². The topological polar surface area (TPSA) is 229 Å². The fourth-order valence-corrected chi connectivity index (χ4v) is 7.35. The number of methoxy groups -OCH3 is 6. The number of aromatic nitrogens is 6. The highest BCUT2D eigenvalue weighted by atomic mass is 16.5. The van der Waals surface area contributed by atoms with E-state index in [0.717, 1.165) is 50.4 Å². The van der Waals surface area contributed by atoms with Crippen molar-refractivity contribution >= 4 is 34.9 Å². The molecule has 6 N–H and O–H groups in total. The molecule has 0 aliphatic rings. The largest absolute Gasteiger partial charge is 0.497 e. The molecule has 0 atom stereocenters. The minimum atomic E-state index is -0.249. The summed E-state index contributed by atoms with van der Waals surface area (Å²) < 4.78 is 31.7. The van der Waals surface area contributed by atoms with E-state index in [1.807, 2.05) is 93.6 Å². The quantitative estimate of drug-likeness (QED) is 0.0561. The van der Waals surface area contributed by atoms with Gasteiger partial charge in [-0.2, -0.15) is 0 Å². The van der Waals surface area contributed by atoms with E-state index < -0.39 is 0 Å². The fourth-order valence-electron chi connectivity index (χ4n) is 7.35. The Labute approximate surface area is 432 Å². The molecule has 0 amide bonds. The Bertz CT molecular complexity index is 3360. The smallest absolute Gasteiger partial charge is 0.252 e. The van der Waals surface area contributed by atoms with Crippen LogP contribution in [0.2, 0.25) is 0 Å². The average Bonchev–Trinajstić information content (AvgIpc) is 3.41. The summed E-state index contributed by atoms with van der Waals surface area (Å²) in [5, 5.41) is 9.36. The van der Waals surface area contributed by atoms with E-state index >= 15 is 0 Å². The summed E-state index contributed by atoms with van der Waals surface area (Å²) in [5.41, 5.74) is 8.94. The minimum absolute atomic E-state index is 0.248. The molecule has 9 rings (SSSR count). The highest BCUT2D eigenvalue weighted by Gasteiger charge is 2.12. The lowest BCUT2D eigenvalue weighted by Crippen LogP contribution is -2.10. The van der Waals surface area contributed by atoms with Crippen LogP contribution < -0.4 is 61.0 Å². The number of aromatic amines is 3. The first-order chi connectivity index (χ1) is 36.2. The van der Waals surface area contributed by atoms with Crippen LogP contribution in [0.25, 0.3) is 33.8 Å². The van der Waals surface area contributed by atoms with E-state index in [0.29, 0.717) is 69.4 Å². The Morgan fingerprint density at radius 2 is 0.627 bits per heavy atom. The van der Waals surface area contributed by atoms with Crippen molar-refractivity contribution in [2.75, 3.05) is 58.6 Å². The summed E-state index contributed by atoms with van der Waals surface area (Å²) in [4.78, 5) is 57.7. The van der Waals surface area contributed by atoms with Gasteiger partial charge in [0.05, 0.1) is 59.7 Å². The molecule has 3 heterocycles. The van der Waals surface area contributed by atoms with Crippen LogP contribution >= 0.6 is 0 Å². The lowest BCUT2D eigenvalue weighted by molar-refractivity contribution is 0.394. The lowest BCUT2D eigenvalue weighted by Gasteiger charge is -2.10. The van der Waals surface area contributed by atoms with E-state index in [1.54, 1.807) is 97.3 Å². The summed E-state index contributed by atoms with van der Waals surface area (Å²) in [6, 6.07) is 43.9. The molecule has 6 aromatic carbocycles. The maximum absolute atomic E-state index is 12.1. The van der Waals surface area contributed by atoms with Crippen LogP contribution in [0.3, 0.4) is 0 Å². The summed E-state index contributed by atoms with van der Waals surface area (Å²) in [5.74, 6) is 4.88. The van der Waals surface area contributed by atoms with Gasteiger partial charge in [0, 0.05) is 70.2 Å². The standard InChI is InChI=1S/3C19H19N3O3/c1-12-4-6-14(7-5-12)20-19-21-17(11-18(23)22-19)13-8-15(24-2)10-16(9-13)25-3;2*1-12-5-4-6-14(7-12)20-19-21-17(11-18(23)22-19)13-8-15(24-2)10-16(9-13)25-3/h3*4-11H,1-3H3,(H2,20,21,22,23). The first-order valence-electron chi connectivity index (χ1n) is 23.3. The second-order valence-corrected chi connectivity index (χ2v) is 16.7. The number of ether oxygens (including phenoxy) is 6. The molecular weight excluding hydrogens is 955 g/mol. The molecule has 0 unspecified atom stereocenters. The van der Waals surface area contributed by atoms with Crippen LogP contribution in [-0.2, 0) is 0 Å². The number of hydrogen-bond donors (Lipinski definition) is 6. The van der Waals surface area contributed by atoms with Crippen LogP contribution in [0.1, 0.15) is 16.7 Å². The van der Waals surface area contributed by atoms with Gasteiger partial charge >= 0.3 is 0 Å². The molecule has 0 fully saturated rings. The van der Waals surface area contributed by atoms with Gasteiger partial charge in [0.25, 0.3) is 16.7 Å². The Balaban J connectivity index is 0.000000164. The van der Waals surface area contributed by atoms with Gasteiger partial charge in [0.1, 0.15) is 34.5 Å². The van der Waals surface area contributed by atoms with Crippen molar-refractivity contribution in [3.05, 3.63) is 193 Å². The van der Waals surface area contributed by atoms with Gasteiger partial charge in [0.2, 0.25) is 17.8 Å². The number of anilines is 6. The van der Waals surface area contributed by atoms with Gasteiger partial charge in [0.15, 0.2) is 0 Å². The Kier molecular flexibility index (Phi) is 17.7. The van der Waals surface area contributed by atoms with E-state index in [-0.39, 0.29) is 16.7 Å².